The lowest BCUT2D eigenvalue weighted by Crippen LogP contribution is -2.52. The van der Waals surface area contributed by atoms with Crippen LogP contribution in [-0.2, 0) is 22.6 Å². The van der Waals surface area contributed by atoms with Gasteiger partial charge < -0.3 is 44.9 Å². The number of ether oxygens (including phenoxy) is 3. The van der Waals surface area contributed by atoms with Crippen molar-refractivity contribution in [1.82, 2.24) is 25.4 Å². The van der Waals surface area contributed by atoms with Crippen molar-refractivity contribution in [3.63, 3.8) is 0 Å². The van der Waals surface area contributed by atoms with E-state index < -0.39 is 24.2 Å². The molecule has 0 aliphatic carbocycles. The summed E-state index contributed by atoms with van der Waals surface area (Å²) in [4.78, 5) is 58.3. The van der Waals surface area contributed by atoms with Gasteiger partial charge in [0.15, 0.2) is 0 Å². The Hall–Kier alpha value is -7.00. The van der Waals surface area contributed by atoms with Gasteiger partial charge >= 0.3 is 12.1 Å². The number of aromatic amines is 1. The number of H-pyrrole nitrogens is 1. The quantitative estimate of drug-likeness (QED) is 0.0548. The van der Waals surface area contributed by atoms with Crippen molar-refractivity contribution < 1.29 is 38.8 Å². The minimum Gasteiger partial charge on any atom is -0.506 e. The summed E-state index contributed by atoms with van der Waals surface area (Å²) >= 11 is 0. The van der Waals surface area contributed by atoms with Crippen LogP contribution in [-0.4, -0.2) is 94.4 Å². The molecule has 1 unspecified atom stereocenters. The lowest BCUT2D eigenvalue weighted by Gasteiger charge is -2.43. The van der Waals surface area contributed by atoms with Crippen LogP contribution in [0.4, 0.5) is 4.79 Å². The highest BCUT2D eigenvalue weighted by atomic mass is 16.6. The molecule has 3 aliphatic rings. The normalized spacial score (nSPS) is 17.4. The van der Waals surface area contributed by atoms with Crippen LogP contribution in [0, 0.1) is 5.92 Å². The lowest BCUT2D eigenvalue weighted by molar-refractivity contribution is -0.0336. The van der Waals surface area contributed by atoms with E-state index in [4.69, 9.17) is 14.2 Å². The molecule has 0 radical (unpaired) electrons. The molecule has 2 bridgehead atoms. The van der Waals surface area contributed by atoms with Gasteiger partial charge in [0.1, 0.15) is 30.8 Å². The molecular formula is C53H57N5O9. The van der Waals surface area contributed by atoms with Gasteiger partial charge in [0.2, 0.25) is 5.56 Å². The molecule has 9 rings (SSSR count). The molecule has 4 heterocycles. The molecule has 1 aromatic heterocycles. The van der Waals surface area contributed by atoms with Crippen molar-refractivity contribution in [3.05, 3.63) is 177 Å². The number of aliphatic hydroxyl groups is 1. The summed E-state index contributed by atoms with van der Waals surface area (Å²) in [6.07, 6.45) is 0.672. The summed E-state index contributed by atoms with van der Waals surface area (Å²) in [6.45, 7) is 7.83. The highest BCUT2D eigenvalue weighted by Gasteiger charge is 2.37. The third-order valence-electron chi connectivity index (χ3n) is 12.6. The number of alkyl carbamates (subject to hydrolysis) is 1. The SMILES string of the molecule is CC(C)N(CCOC(=O)c1ccc(COc2cccc(C(NC(=O)O[C@H]3CN4CCC3CC4)c3ccccc3)c2)cc1)C(=O)c1ccc(CNC[C@@H](O)c2ccc(O)c3[nH]c(=O)ccc23)cc1. The van der Waals surface area contributed by atoms with Gasteiger partial charge in [0, 0.05) is 42.7 Å². The Balaban J connectivity index is 0.793. The zero-order valence-corrected chi connectivity index (χ0v) is 37.7. The molecule has 3 atom stereocenters. The van der Waals surface area contributed by atoms with E-state index in [1.54, 1.807) is 41.3 Å². The zero-order chi connectivity index (χ0) is 46.9. The molecule has 5 N–H and O–H groups in total. The first-order chi connectivity index (χ1) is 32.5. The van der Waals surface area contributed by atoms with Crippen LogP contribution < -0.4 is 20.9 Å². The van der Waals surface area contributed by atoms with Crippen LogP contribution in [0.15, 0.2) is 132 Å². The average molecular weight is 908 g/mol. The fourth-order valence-corrected chi connectivity index (χ4v) is 8.88. The van der Waals surface area contributed by atoms with Crippen LogP contribution in [0.2, 0.25) is 0 Å². The first-order valence-electron chi connectivity index (χ1n) is 22.9. The number of carbonyl (C=O) groups excluding carboxylic acids is 3. The Labute approximate surface area is 389 Å². The molecule has 6 aromatic rings. The molecule has 14 heteroatoms. The number of aromatic nitrogens is 1. The predicted octanol–water partition coefficient (Wildman–Crippen LogP) is 7.25. The minimum atomic E-state index is -0.901. The summed E-state index contributed by atoms with van der Waals surface area (Å²) < 4.78 is 17.8. The van der Waals surface area contributed by atoms with Crippen LogP contribution >= 0.6 is 0 Å². The number of phenols is 1. The van der Waals surface area contributed by atoms with Gasteiger partial charge in [0.25, 0.3) is 5.91 Å². The second-order valence-electron chi connectivity index (χ2n) is 17.5. The minimum absolute atomic E-state index is 0.0109. The first-order valence-corrected chi connectivity index (χ1v) is 22.9. The maximum absolute atomic E-state index is 13.6. The van der Waals surface area contributed by atoms with E-state index in [-0.39, 0.29) is 61.2 Å². The highest BCUT2D eigenvalue weighted by molar-refractivity contribution is 5.94. The zero-order valence-electron chi connectivity index (χ0n) is 37.7. The van der Waals surface area contributed by atoms with Gasteiger partial charge in [-0.05, 0) is 122 Å². The number of carbonyl (C=O) groups is 3. The number of rotatable bonds is 18. The molecule has 5 aromatic carbocycles. The molecule has 3 aliphatic heterocycles. The number of esters is 1. The number of phenolic OH excluding ortho intramolecular Hbond substituents is 1. The molecule has 3 fully saturated rings. The Bertz CT molecular complexity index is 2700. The molecule has 0 spiro atoms. The van der Waals surface area contributed by atoms with Gasteiger partial charge in [-0.15, -0.1) is 0 Å². The average Bonchev–Trinajstić information content (AvgIpc) is 3.35. The summed E-state index contributed by atoms with van der Waals surface area (Å²) in [5.74, 6) is 0.265. The third-order valence-corrected chi connectivity index (χ3v) is 12.6. The largest absolute Gasteiger partial charge is 0.506 e. The highest BCUT2D eigenvalue weighted by Crippen LogP contribution is 2.32. The number of nitrogens with zero attached hydrogens (tertiary/aromatic N) is 2. The standard InChI is InChI=1S/C53H57N5O9/c1-34(2)58(51(62)39-15-11-35(12-16-39)30-54-31-46(60)43-19-21-45(59)50-44(43)20-22-48(61)55-50)27-28-65-52(63)40-17-13-36(14-18-40)33-66-42-10-6-9-41(29-42)49(38-7-4-3-5-8-38)56-53(64)67-47-32-57-25-23-37(47)24-26-57/h3-22,29,34,37,46-47,49,54,59-60H,23-28,30-33H2,1-2H3,(H,55,61)(H,56,64)/t46-,47+,49?/m1/s1. The maximum atomic E-state index is 13.6. The van der Waals surface area contributed by atoms with E-state index in [2.05, 4.69) is 20.5 Å². The van der Waals surface area contributed by atoms with Crippen LogP contribution in [0.3, 0.4) is 0 Å². The maximum Gasteiger partial charge on any atom is 0.408 e. The monoisotopic (exact) mass is 907 g/mol. The number of fused-ring (bicyclic) bond motifs is 4. The van der Waals surface area contributed by atoms with Gasteiger partial charge in [-0.1, -0.05) is 72.8 Å². The van der Waals surface area contributed by atoms with E-state index in [0.717, 1.165) is 54.7 Å². The summed E-state index contributed by atoms with van der Waals surface area (Å²) in [5.41, 5.74) is 4.88. The van der Waals surface area contributed by atoms with Gasteiger partial charge in [-0.2, -0.15) is 0 Å². The van der Waals surface area contributed by atoms with Gasteiger partial charge in [-0.3, -0.25) is 14.5 Å². The molecule has 348 valence electrons. The summed E-state index contributed by atoms with van der Waals surface area (Å²) in [6, 6.07) is 37.0. The van der Waals surface area contributed by atoms with Crippen molar-refractivity contribution in [1.29, 1.82) is 0 Å². The number of aromatic hydroxyl groups is 1. The van der Waals surface area contributed by atoms with Crippen molar-refractivity contribution >= 4 is 28.9 Å². The Morgan fingerprint density at radius 1 is 0.836 bits per heavy atom. The Morgan fingerprint density at radius 3 is 2.27 bits per heavy atom. The predicted molar refractivity (Wildman–Crippen MR) is 254 cm³/mol. The smallest absolute Gasteiger partial charge is 0.408 e. The Morgan fingerprint density at radius 2 is 1.55 bits per heavy atom. The summed E-state index contributed by atoms with van der Waals surface area (Å²) in [5, 5.41) is 28.0. The van der Waals surface area contributed by atoms with E-state index in [9.17, 15) is 29.4 Å². The third kappa shape index (κ3) is 11.7. The number of nitrogens with one attached hydrogen (secondary N) is 3. The van der Waals surface area contributed by atoms with Crippen LogP contribution in [0.1, 0.15) is 87.4 Å². The Kier molecular flexibility index (Phi) is 15.0. The number of benzene rings is 5. The van der Waals surface area contributed by atoms with Crippen molar-refractivity contribution in [3.8, 4) is 11.5 Å². The van der Waals surface area contributed by atoms with E-state index in [1.807, 2.05) is 92.7 Å². The molecule has 67 heavy (non-hydrogen) atoms. The van der Waals surface area contributed by atoms with Crippen LogP contribution in [0.25, 0.3) is 10.9 Å². The van der Waals surface area contributed by atoms with E-state index >= 15 is 0 Å². The van der Waals surface area contributed by atoms with Crippen molar-refractivity contribution in [2.75, 3.05) is 39.3 Å². The number of pyridine rings is 1. The second kappa shape index (κ2) is 21.5. The molecule has 14 nitrogen and oxygen atoms in total. The fourth-order valence-electron chi connectivity index (χ4n) is 8.88. The number of piperidine rings is 3. The lowest BCUT2D eigenvalue weighted by atomic mass is 9.86. The van der Waals surface area contributed by atoms with E-state index in [1.165, 1.54) is 12.1 Å². The van der Waals surface area contributed by atoms with Gasteiger partial charge in [0.05, 0.1) is 29.8 Å². The van der Waals surface area contributed by atoms with Crippen LogP contribution in [0.5, 0.6) is 11.5 Å². The van der Waals surface area contributed by atoms with E-state index in [0.29, 0.717) is 40.3 Å². The molecule has 0 saturated carbocycles. The fraction of sp³-hybridized carbons (Fsp3) is 0.321. The molecular weight excluding hydrogens is 851 g/mol. The molecule has 2 amide bonds. The second-order valence-corrected chi connectivity index (χ2v) is 17.5. The van der Waals surface area contributed by atoms with Crippen molar-refractivity contribution in [2.24, 2.45) is 5.92 Å². The number of aliphatic hydroxyl groups excluding tert-OH is 1. The molecule has 3 saturated heterocycles. The summed E-state index contributed by atoms with van der Waals surface area (Å²) in [7, 11) is 0. The number of hydrogen-bond donors (Lipinski definition) is 5. The first kappa shape index (κ1) is 46.5. The van der Waals surface area contributed by atoms with Gasteiger partial charge in [-0.25, -0.2) is 9.59 Å². The topological polar surface area (TPSA) is 183 Å². The van der Waals surface area contributed by atoms with Crippen molar-refractivity contribution in [2.45, 2.75) is 64.1 Å². The number of amides is 2. The number of hydrogen-bond acceptors (Lipinski definition) is 11.